The summed E-state index contributed by atoms with van der Waals surface area (Å²) in [7, 11) is 2.04. The van der Waals surface area contributed by atoms with Crippen molar-refractivity contribution in [3.8, 4) is 6.07 Å². The molecule has 0 saturated carbocycles. The molecule has 0 aliphatic carbocycles. The summed E-state index contributed by atoms with van der Waals surface area (Å²) in [5, 5.41) is 9.29. The highest BCUT2D eigenvalue weighted by Crippen LogP contribution is 2.24. The van der Waals surface area contributed by atoms with Crippen LogP contribution >= 0.6 is 11.6 Å². The summed E-state index contributed by atoms with van der Waals surface area (Å²) < 4.78 is 0. The van der Waals surface area contributed by atoms with Gasteiger partial charge in [-0.3, -0.25) is 0 Å². The minimum Gasteiger partial charge on any atom is -0.302 e. The predicted molar refractivity (Wildman–Crippen MR) is 54.0 cm³/mol. The van der Waals surface area contributed by atoms with Gasteiger partial charge in [-0.05, 0) is 24.6 Å². The van der Waals surface area contributed by atoms with Gasteiger partial charge in [-0.15, -0.1) is 0 Å². The summed E-state index contributed by atoms with van der Waals surface area (Å²) in [4.78, 5) is 6.19. The van der Waals surface area contributed by atoms with Crippen LogP contribution in [0.1, 0.15) is 16.7 Å². The van der Waals surface area contributed by atoms with E-state index < -0.39 is 0 Å². The first-order chi connectivity index (χ1) is 6.72. The van der Waals surface area contributed by atoms with Crippen molar-refractivity contribution in [2.75, 3.05) is 13.6 Å². The summed E-state index contributed by atoms with van der Waals surface area (Å²) >= 11 is 5.86. The lowest BCUT2D eigenvalue weighted by atomic mass is 9.99. The number of hydrogen-bond donors (Lipinski definition) is 0. The molecule has 0 N–H and O–H groups in total. The van der Waals surface area contributed by atoms with Crippen molar-refractivity contribution in [1.29, 1.82) is 5.26 Å². The number of aromatic nitrogens is 1. The van der Waals surface area contributed by atoms with Gasteiger partial charge < -0.3 is 4.90 Å². The molecule has 0 spiro atoms. The highest BCUT2D eigenvalue weighted by molar-refractivity contribution is 6.30. The lowest BCUT2D eigenvalue weighted by Crippen LogP contribution is -2.27. The van der Waals surface area contributed by atoms with E-state index in [0.29, 0.717) is 10.7 Å². The SMILES string of the molecule is CN1CCc2cnc(Cl)c(C#N)c2C1. The highest BCUT2D eigenvalue weighted by atomic mass is 35.5. The molecule has 0 amide bonds. The zero-order valence-electron chi connectivity index (χ0n) is 7.92. The number of nitrogens with zero attached hydrogens (tertiary/aromatic N) is 3. The molecule has 1 aliphatic heterocycles. The van der Waals surface area contributed by atoms with E-state index in [1.165, 1.54) is 0 Å². The van der Waals surface area contributed by atoms with Crippen LogP contribution in [0.5, 0.6) is 0 Å². The average molecular weight is 208 g/mol. The third-order valence-corrected chi connectivity index (χ3v) is 2.82. The van der Waals surface area contributed by atoms with Crippen LogP contribution in [0.25, 0.3) is 0 Å². The van der Waals surface area contributed by atoms with Gasteiger partial charge in [0.1, 0.15) is 11.2 Å². The molecule has 0 fully saturated rings. The largest absolute Gasteiger partial charge is 0.302 e. The molecular formula is C10H10ClN3. The molecule has 1 aromatic rings. The Morgan fingerprint density at radius 2 is 2.43 bits per heavy atom. The molecule has 2 heterocycles. The van der Waals surface area contributed by atoms with Crippen molar-refractivity contribution in [3.63, 3.8) is 0 Å². The van der Waals surface area contributed by atoms with Crippen LogP contribution in [-0.2, 0) is 13.0 Å². The van der Waals surface area contributed by atoms with Crippen molar-refractivity contribution in [2.45, 2.75) is 13.0 Å². The van der Waals surface area contributed by atoms with Crippen LogP contribution in [0.4, 0.5) is 0 Å². The van der Waals surface area contributed by atoms with Crippen LogP contribution in [0.3, 0.4) is 0 Å². The summed E-state index contributed by atoms with van der Waals surface area (Å²) in [6, 6.07) is 2.12. The summed E-state index contributed by atoms with van der Waals surface area (Å²) in [6.07, 6.45) is 2.73. The summed E-state index contributed by atoms with van der Waals surface area (Å²) in [5.41, 5.74) is 2.74. The number of pyridine rings is 1. The predicted octanol–water partition coefficient (Wildman–Crippen LogP) is 1.59. The molecule has 0 saturated heterocycles. The number of rotatable bonds is 0. The molecule has 14 heavy (non-hydrogen) atoms. The second-order valence-electron chi connectivity index (χ2n) is 3.53. The number of halogens is 1. The lowest BCUT2D eigenvalue weighted by Gasteiger charge is -2.25. The van der Waals surface area contributed by atoms with Gasteiger partial charge in [0.05, 0.1) is 5.56 Å². The van der Waals surface area contributed by atoms with E-state index in [2.05, 4.69) is 16.0 Å². The van der Waals surface area contributed by atoms with Crippen LogP contribution in [0.2, 0.25) is 5.15 Å². The first-order valence-electron chi connectivity index (χ1n) is 4.47. The van der Waals surface area contributed by atoms with Gasteiger partial charge in [0.25, 0.3) is 0 Å². The molecule has 4 heteroatoms. The van der Waals surface area contributed by atoms with E-state index in [1.807, 2.05) is 7.05 Å². The van der Waals surface area contributed by atoms with Crippen molar-refractivity contribution < 1.29 is 0 Å². The Kier molecular flexibility index (Phi) is 2.40. The normalized spacial score (nSPS) is 16.1. The zero-order chi connectivity index (χ0) is 10.1. The molecule has 1 aliphatic rings. The zero-order valence-corrected chi connectivity index (χ0v) is 8.67. The number of likely N-dealkylation sites (N-methyl/N-ethyl adjacent to an activating group) is 1. The minimum atomic E-state index is 0.321. The van der Waals surface area contributed by atoms with E-state index in [1.54, 1.807) is 6.20 Å². The third kappa shape index (κ3) is 1.47. The van der Waals surface area contributed by atoms with Gasteiger partial charge in [-0.1, -0.05) is 11.6 Å². The van der Waals surface area contributed by atoms with E-state index in [-0.39, 0.29) is 0 Å². The summed E-state index contributed by atoms with van der Waals surface area (Å²) in [5.74, 6) is 0. The van der Waals surface area contributed by atoms with Crippen molar-refractivity contribution in [3.05, 3.63) is 28.0 Å². The first-order valence-corrected chi connectivity index (χ1v) is 4.85. The Morgan fingerprint density at radius 3 is 3.14 bits per heavy atom. The fourth-order valence-corrected chi connectivity index (χ4v) is 1.94. The van der Waals surface area contributed by atoms with Crippen molar-refractivity contribution in [2.24, 2.45) is 0 Å². The third-order valence-electron chi connectivity index (χ3n) is 2.53. The second-order valence-corrected chi connectivity index (χ2v) is 3.89. The number of hydrogen-bond acceptors (Lipinski definition) is 3. The first kappa shape index (κ1) is 9.45. The maximum atomic E-state index is 8.97. The highest BCUT2D eigenvalue weighted by Gasteiger charge is 2.19. The van der Waals surface area contributed by atoms with Crippen molar-refractivity contribution >= 4 is 11.6 Å². The Morgan fingerprint density at radius 1 is 1.64 bits per heavy atom. The summed E-state index contributed by atoms with van der Waals surface area (Å²) in [6.45, 7) is 1.81. The molecule has 2 rings (SSSR count). The van der Waals surface area contributed by atoms with Gasteiger partial charge in [-0.2, -0.15) is 5.26 Å². The smallest absolute Gasteiger partial charge is 0.147 e. The average Bonchev–Trinajstić information content (AvgIpc) is 2.17. The molecule has 0 radical (unpaired) electrons. The monoisotopic (exact) mass is 207 g/mol. The molecular weight excluding hydrogens is 198 g/mol. The fraction of sp³-hybridized carbons (Fsp3) is 0.400. The van der Waals surface area contributed by atoms with E-state index in [4.69, 9.17) is 16.9 Å². The van der Waals surface area contributed by atoms with E-state index >= 15 is 0 Å². The van der Waals surface area contributed by atoms with Gasteiger partial charge in [0, 0.05) is 19.3 Å². The van der Waals surface area contributed by atoms with Gasteiger partial charge in [0.2, 0.25) is 0 Å². The van der Waals surface area contributed by atoms with Crippen LogP contribution < -0.4 is 0 Å². The molecule has 0 bridgehead atoms. The fourth-order valence-electron chi connectivity index (χ4n) is 1.73. The molecule has 1 aromatic heterocycles. The Hall–Kier alpha value is -1.11. The minimum absolute atomic E-state index is 0.321. The van der Waals surface area contributed by atoms with Gasteiger partial charge >= 0.3 is 0 Å². The molecule has 0 unspecified atom stereocenters. The lowest BCUT2D eigenvalue weighted by molar-refractivity contribution is 0.312. The van der Waals surface area contributed by atoms with Crippen LogP contribution in [0, 0.1) is 11.3 Å². The maximum absolute atomic E-state index is 8.97. The maximum Gasteiger partial charge on any atom is 0.147 e. The molecule has 72 valence electrons. The Labute approximate surface area is 87.9 Å². The molecule has 0 atom stereocenters. The van der Waals surface area contributed by atoms with Gasteiger partial charge in [0.15, 0.2) is 0 Å². The quantitative estimate of drug-likeness (QED) is 0.607. The van der Waals surface area contributed by atoms with Crippen LogP contribution in [0.15, 0.2) is 6.20 Å². The molecule has 3 nitrogen and oxygen atoms in total. The van der Waals surface area contributed by atoms with Crippen molar-refractivity contribution in [1.82, 2.24) is 9.88 Å². The number of fused-ring (bicyclic) bond motifs is 1. The number of nitriles is 1. The van der Waals surface area contributed by atoms with Crippen LogP contribution in [-0.4, -0.2) is 23.5 Å². The Balaban J connectivity index is 2.56. The van der Waals surface area contributed by atoms with E-state index in [9.17, 15) is 0 Å². The Bertz CT molecular complexity index is 409. The van der Waals surface area contributed by atoms with E-state index in [0.717, 1.165) is 30.6 Å². The standard InChI is InChI=1S/C10H10ClN3/c1-14-3-2-7-5-13-10(11)8(4-12)9(7)6-14/h5H,2-3,6H2,1H3. The molecule has 0 aromatic carbocycles. The second kappa shape index (κ2) is 3.56. The topological polar surface area (TPSA) is 39.9 Å². The van der Waals surface area contributed by atoms with Gasteiger partial charge in [-0.25, -0.2) is 4.98 Å².